The molecular formula is C23H22Cl2N2O. The summed E-state index contributed by atoms with van der Waals surface area (Å²) in [6.45, 7) is 3.85. The van der Waals surface area contributed by atoms with Gasteiger partial charge in [0.2, 0.25) is 5.91 Å². The smallest absolute Gasteiger partial charge is 0.240 e. The second-order valence-corrected chi connectivity index (χ2v) is 8.59. The van der Waals surface area contributed by atoms with Crippen LogP contribution in [-0.4, -0.2) is 16.6 Å². The summed E-state index contributed by atoms with van der Waals surface area (Å²) >= 11 is 12.1. The van der Waals surface area contributed by atoms with Gasteiger partial charge in [0.25, 0.3) is 0 Å². The zero-order valence-electron chi connectivity index (χ0n) is 15.9. The van der Waals surface area contributed by atoms with Crippen molar-refractivity contribution >= 4 is 40.9 Å². The number of benzene rings is 2. The quantitative estimate of drug-likeness (QED) is 0.562. The third-order valence-electron chi connectivity index (χ3n) is 5.51. The van der Waals surface area contributed by atoms with E-state index in [4.69, 9.17) is 28.3 Å². The van der Waals surface area contributed by atoms with Crippen molar-refractivity contribution in [2.45, 2.75) is 32.7 Å². The lowest BCUT2D eigenvalue weighted by Gasteiger charge is -2.32. The summed E-state index contributed by atoms with van der Waals surface area (Å²) in [6, 6.07) is 15.5. The van der Waals surface area contributed by atoms with Gasteiger partial charge in [-0.15, -0.1) is 0 Å². The number of hydrazone groups is 1. The van der Waals surface area contributed by atoms with Gasteiger partial charge in [-0.1, -0.05) is 54.4 Å². The molecule has 1 aliphatic carbocycles. The van der Waals surface area contributed by atoms with Crippen LogP contribution >= 0.6 is 23.2 Å². The van der Waals surface area contributed by atoms with Crippen molar-refractivity contribution in [2.24, 2.45) is 16.9 Å². The average Bonchev–Trinajstić information content (AvgIpc) is 3.04. The summed E-state index contributed by atoms with van der Waals surface area (Å²) in [7, 11) is 0. The zero-order chi connectivity index (χ0) is 19.8. The summed E-state index contributed by atoms with van der Waals surface area (Å²) in [5.41, 5.74) is 4.40. The Hall–Kier alpha value is -2.10. The van der Waals surface area contributed by atoms with E-state index in [1.807, 2.05) is 48.5 Å². The summed E-state index contributed by atoms with van der Waals surface area (Å²) in [4.78, 5) is 12.4. The van der Waals surface area contributed by atoms with E-state index in [0.29, 0.717) is 10.9 Å². The molecule has 3 unspecified atom stereocenters. The zero-order valence-corrected chi connectivity index (χ0v) is 17.4. The molecule has 1 amide bonds. The molecule has 3 nitrogen and oxygen atoms in total. The average molecular weight is 413 g/mol. The number of rotatable bonds is 2. The van der Waals surface area contributed by atoms with Gasteiger partial charge in [-0.05, 0) is 65.8 Å². The van der Waals surface area contributed by atoms with Crippen LogP contribution in [0.2, 0.25) is 10.0 Å². The van der Waals surface area contributed by atoms with Gasteiger partial charge < -0.3 is 0 Å². The summed E-state index contributed by atoms with van der Waals surface area (Å²) in [6.07, 6.45) is 4.14. The molecule has 2 aromatic rings. The largest absolute Gasteiger partial charge is 0.273 e. The van der Waals surface area contributed by atoms with E-state index in [1.165, 1.54) is 5.57 Å². The SMILES string of the molecule is CC(=O)N1N=C2C(=Cc3ccc(Cl)cc3)CC(C)CC2C1c1ccc(Cl)cc1. The second-order valence-electron chi connectivity index (χ2n) is 7.72. The summed E-state index contributed by atoms with van der Waals surface area (Å²) in [5, 5.41) is 7.86. The number of halogens is 2. The number of carbonyl (C=O) groups is 1. The number of fused-ring (bicyclic) bond motifs is 1. The topological polar surface area (TPSA) is 32.7 Å². The summed E-state index contributed by atoms with van der Waals surface area (Å²) in [5.74, 6) is 0.664. The van der Waals surface area contributed by atoms with Crippen LogP contribution in [0.4, 0.5) is 0 Å². The third-order valence-corrected chi connectivity index (χ3v) is 6.01. The number of carbonyl (C=O) groups excluding carboxylic acids is 1. The van der Waals surface area contributed by atoms with Gasteiger partial charge in [0.1, 0.15) is 0 Å². The van der Waals surface area contributed by atoms with E-state index in [9.17, 15) is 4.79 Å². The van der Waals surface area contributed by atoms with Crippen molar-refractivity contribution in [3.63, 3.8) is 0 Å². The number of hydrogen-bond acceptors (Lipinski definition) is 2. The molecule has 4 rings (SSSR count). The number of amides is 1. The van der Waals surface area contributed by atoms with Crippen LogP contribution in [0.1, 0.15) is 43.9 Å². The van der Waals surface area contributed by atoms with Gasteiger partial charge in [-0.3, -0.25) is 4.79 Å². The minimum absolute atomic E-state index is 0.0413. The number of nitrogens with zero attached hydrogens (tertiary/aromatic N) is 2. The number of hydrogen-bond donors (Lipinski definition) is 0. The maximum atomic E-state index is 12.4. The van der Waals surface area contributed by atoms with Crippen LogP contribution in [0.5, 0.6) is 0 Å². The summed E-state index contributed by atoms with van der Waals surface area (Å²) < 4.78 is 0. The minimum atomic E-state index is -0.0823. The third kappa shape index (κ3) is 3.74. The molecule has 0 aromatic heterocycles. The maximum absolute atomic E-state index is 12.4. The predicted octanol–water partition coefficient (Wildman–Crippen LogP) is 6.38. The highest BCUT2D eigenvalue weighted by molar-refractivity contribution is 6.30. The maximum Gasteiger partial charge on any atom is 0.240 e. The highest BCUT2D eigenvalue weighted by atomic mass is 35.5. The lowest BCUT2D eigenvalue weighted by molar-refractivity contribution is -0.131. The van der Waals surface area contributed by atoms with E-state index < -0.39 is 0 Å². The van der Waals surface area contributed by atoms with Gasteiger partial charge in [0.15, 0.2) is 0 Å². The van der Waals surface area contributed by atoms with Crippen LogP contribution in [0, 0.1) is 11.8 Å². The van der Waals surface area contributed by atoms with Crippen molar-refractivity contribution in [1.29, 1.82) is 0 Å². The van der Waals surface area contributed by atoms with Crippen LogP contribution in [0.3, 0.4) is 0 Å². The molecule has 0 spiro atoms. The molecule has 0 radical (unpaired) electrons. The Labute approximate surface area is 175 Å². The highest BCUT2D eigenvalue weighted by Gasteiger charge is 2.44. The predicted molar refractivity (Wildman–Crippen MR) is 115 cm³/mol. The van der Waals surface area contributed by atoms with Gasteiger partial charge >= 0.3 is 0 Å². The fraction of sp³-hybridized carbons (Fsp3) is 0.304. The fourth-order valence-corrected chi connectivity index (χ4v) is 4.56. The minimum Gasteiger partial charge on any atom is -0.273 e. The van der Waals surface area contributed by atoms with E-state index in [-0.39, 0.29) is 17.9 Å². The lowest BCUT2D eigenvalue weighted by Crippen LogP contribution is -2.32. The standard InChI is InChI=1S/C23H22Cl2N2O/c1-14-11-18(13-16-3-7-19(24)8-4-16)22-21(12-14)23(27(26-22)15(2)28)17-5-9-20(25)10-6-17/h3-10,13-14,21,23H,11-12H2,1-2H3. The Bertz CT molecular complexity index is 948. The van der Waals surface area contributed by atoms with Crippen molar-refractivity contribution in [3.8, 4) is 0 Å². The van der Waals surface area contributed by atoms with E-state index >= 15 is 0 Å². The molecule has 5 heteroatoms. The van der Waals surface area contributed by atoms with Gasteiger partial charge in [-0.25, -0.2) is 5.01 Å². The number of allylic oxidation sites excluding steroid dienone is 1. The molecule has 1 heterocycles. The fourth-order valence-electron chi connectivity index (χ4n) is 4.30. The van der Waals surface area contributed by atoms with Crippen molar-refractivity contribution < 1.29 is 4.79 Å². The molecule has 1 fully saturated rings. The Morgan fingerprint density at radius 3 is 2.29 bits per heavy atom. The van der Waals surface area contributed by atoms with Crippen LogP contribution in [0.25, 0.3) is 6.08 Å². The van der Waals surface area contributed by atoms with E-state index in [0.717, 1.165) is 34.7 Å². The molecular weight excluding hydrogens is 391 g/mol. The highest BCUT2D eigenvalue weighted by Crippen LogP contribution is 2.46. The molecule has 144 valence electrons. The monoisotopic (exact) mass is 412 g/mol. The first-order chi connectivity index (χ1) is 13.4. The van der Waals surface area contributed by atoms with Gasteiger partial charge in [0, 0.05) is 22.9 Å². The first kappa shape index (κ1) is 19.2. The first-order valence-electron chi connectivity index (χ1n) is 9.52. The first-order valence-corrected chi connectivity index (χ1v) is 10.3. The normalized spacial score (nSPS) is 25.6. The molecule has 1 saturated carbocycles. The molecule has 0 saturated heterocycles. The van der Waals surface area contributed by atoms with Crippen molar-refractivity contribution in [3.05, 3.63) is 75.3 Å². The van der Waals surface area contributed by atoms with Crippen LogP contribution < -0.4 is 0 Å². The molecule has 2 aliphatic rings. The lowest BCUT2D eigenvalue weighted by atomic mass is 9.73. The molecule has 0 N–H and O–H groups in total. The molecule has 28 heavy (non-hydrogen) atoms. The molecule has 3 atom stereocenters. The Morgan fingerprint density at radius 1 is 1.07 bits per heavy atom. The van der Waals surface area contributed by atoms with Crippen LogP contribution in [-0.2, 0) is 4.79 Å². The van der Waals surface area contributed by atoms with Crippen molar-refractivity contribution in [2.75, 3.05) is 0 Å². The van der Waals surface area contributed by atoms with Crippen LogP contribution in [0.15, 0.2) is 59.2 Å². The van der Waals surface area contributed by atoms with E-state index in [2.05, 4.69) is 13.0 Å². The molecule has 1 aliphatic heterocycles. The Morgan fingerprint density at radius 2 is 1.68 bits per heavy atom. The van der Waals surface area contributed by atoms with Gasteiger partial charge in [-0.2, -0.15) is 5.10 Å². The van der Waals surface area contributed by atoms with Crippen molar-refractivity contribution in [1.82, 2.24) is 5.01 Å². The molecule has 2 aromatic carbocycles. The molecule has 0 bridgehead atoms. The van der Waals surface area contributed by atoms with Gasteiger partial charge in [0.05, 0.1) is 11.8 Å². The second kappa shape index (κ2) is 7.73. The van der Waals surface area contributed by atoms with E-state index in [1.54, 1.807) is 11.9 Å². The Balaban J connectivity index is 1.75. The Kier molecular flexibility index (Phi) is 5.31.